The van der Waals surface area contributed by atoms with E-state index in [1.165, 1.54) is 23.5 Å². The van der Waals surface area contributed by atoms with Crippen molar-refractivity contribution in [3.05, 3.63) is 16.1 Å². The van der Waals surface area contributed by atoms with Crippen LogP contribution in [0.25, 0.3) is 0 Å². The summed E-state index contributed by atoms with van der Waals surface area (Å²) in [7, 11) is 0. The molecule has 84 valence electrons. The van der Waals surface area contributed by atoms with Crippen LogP contribution >= 0.6 is 11.3 Å². The number of aromatic nitrogens is 1. The van der Waals surface area contributed by atoms with Gasteiger partial charge in [0.15, 0.2) is 0 Å². The van der Waals surface area contributed by atoms with Gasteiger partial charge >= 0.3 is 0 Å². The third-order valence-corrected chi connectivity index (χ3v) is 3.67. The summed E-state index contributed by atoms with van der Waals surface area (Å²) in [5, 5.41) is 3.41. The van der Waals surface area contributed by atoms with E-state index in [9.17, 15) is 0 Å². The molecule has 1 atom stereocenters. The van der Waals surface area contributed by atoms with Crippen molar-refractivity contribution >= 4 is 11.3 Å². The lowest BCUT2D eigenvalue weighted by atomic mass is 10.00. The fourth-order valence-corrected chi connectivity index (χ4v) is 2.78. The van der Waals surface area contributed by atoms with Gasteiger partial charge in [-0.25, -0.2) is 4.98 Å². The van der Waals surface area contributed by atoms with Gasteiger partial charge in [0.1, 0.15) is 0 Å². The molecule has 1 fully saturated rings. The van der Waals surface area contributed by atoms with Crippen molar-refractivity contribution in [1.82, 2.24) is 4.98 Å². The molecule has 1 aliphatic heterocycles. The molecule has 0 spiro atoms. The summed E-state index contributed by atoms with van der Waals surface area (Å²) in [6.45, 7) is 2.52. The van der Waals surface area contributed by atoms with E-state index >= 15 is 0 Å². The number of nitrogens with two attached hydrogens (primary N) is 1. The lowest BCUT2D eigenvalue weighted by Gasteiger charge is -2.20. The molecule has 0 aliphatic carbocycles. The minimum atomic E-state index is 0.529. The average molecular weight is 226 g/mol. The number of hydrogen-bond donors (Lipinski definition) is 1. The lowest BCUT2D eigenvalue weighted by molar-refractivity contribution is 0.0794. The Labute approximate surface area is 94.7 Å². The largest absolute Gasteiger partial charge is 0.381 e. The number of nitrogens with zero attached hydrogens (tertiary/aromatic N) is 1. The van der Waals surface area contributed by atoms with Gasteiger partial charge in [-0.2, -0.15) is 0 Å². The molecule has 0 amide bonds. The topological polar surface area (TPSA) is 48.1 Å². The van der Waals surface area contributed by atoms with Gasteiger partial charge < -0.3 is 10.5 Å². The van der Waals surface area contributed by atoms with Crippen LogP contribution in [0, 0.1) is 0 Å². The second-order valence-corrected chi connectivity index (χ2v) is 4.92. The lowest BCUT2D eigenvalue weighted by Crippen LogP contribution is -2.15. The maximum atomic E-state index is 5.48. The molecule has 2 heterocycles. The highest BCUT2D eigenvalue weighted by atomic mass is 32.1. The number of rotatable bonds is 4. The molecule has 0 bridgehead atoms. The third kappa shape index (κ3) is 3.00. The summed E-state index contributed by atoms with van der Waals surface area (Å²) >= 11 is 1.76. The molecule has 0 saturated carbocycles. The van der Waals surface area contributed by atoms with Gasteiger partial charge in [-0.1, -0.05) is 0 Å². The first-order chi connectivity index (χ1) is 7.40. The molecule has 1 aliphatic rings. The summed E-state index contributed by atoms with van der Waals surface area (Å²) in [5.74, 6) is 0.529. The van der Waals surface area contributed by atoms with Gasteiger partial charge in [-0.3, -0.25) is 0 Å². The number of aryl methyl sites for hydroxylation is 1. The van der Waals surface area contributed by atoms with Gasteiger partial charge in [0.05, 0.1) is 17.3 Å². The Balaban J connectivity index is 1.93. The van der Waals surface area contributed by atoms with E-state index in [0.717, 1.165) is 32.6 Å². The fraction of sp³-hybridized carbons (Fsp3) is 0.727. The van der Waals surface area contributed by atoms with Crippen LogP contribution in [0.4, 0.5) is 0 Å². The van der Waals surface area contributed by atoms with Gasteiger partial charge in [0.25, 0.3) is 0 Å². The normalized spacial score (nSPS) is 21.8. The molecule has 15 heavy (non-hydrogen) atoms. The molecular formula is C11H18N2OS. The van der Waals surface area contributed by atoms with Crippen LogP contribution in [0.1, 0.15) is 35.9 Å². The molecule has 3 nitrogen and oxygen atoms in total. The standard InChI is InChI=1S/C11H18N2OS/c12-5-1-4-11-13-10(8-15-11)9-3-2-6-14-7-9/h8-9H,1-7,12H2. The van der Waals surface area contributed by atoms with E-state index in [4.69, 9.17) is 10.5 Å². The highest BCUT2D eigenvalue weighted by molar-refractivity contribution is 7.09. The van der Waals surface area contributed by atoms with E-state index in [2.05, 4.69) is 10.4 Å². The van der Waals surface area contributed by atoms with Gasteiger partial charge in [0, 0.05) is 24.3 Å². The quantitative estimate of drug-likeness (QED) is 0.853. The summed E-state index contributed by atoms with van der Waals surface area (Å²) in [4.78, 5) is 4.65. The molecule has 0 radical (unpaired) electrons. The smallest absolute Gasteiger partial charge is 0.0928 e. The van der Waals surface area contributed by atoms with Crippen molar-refractivity contribution in [2.75, 3.05) is 19.8 Å². The van der Waals surface area contributed by atoms with E-state index in [-0.39, 0.29) is 0 Å². The molecule has 4 heteroatoms. The molecular weight excluding hydrogens is 208 g/mol. The fourth-order valence-electron chi connectivity index (χ4n) is 1.85. The highest BCUT2D eigenvalue weighted by Crippen LogP contribution is 2.26. The average Bonchev–Trinajstić information content (AvgIpc) is 2.76. The Bertz CT molecular complexity index is 295. The van der Waals surface area contributed by atoms with Crippen LogP contribution in [0.2, 0.25) is 0 Å². The monoisotopic (exact) mass is 226 g/mol. The SMILES string of the molecule is NCCCc1nc(C2CCCOC2)cs1. The first-order valence-electron chi connectivity index (χ1n) is 5.62. The van der Waals surface area contributed by atoms with Crippen molar-refractivity contribution in [2.45, 2.75) is 31.6 Å². The summed E-state index contributed by atoms with van der Waals surface area (Å²) in [6, 6.07) is 0. The van der Waals surface area contributed by atoms with E-state index in [0.29, 0.717) is 5.92 Å². The number of hydrogen-bond acceptors (Lipinski definition) is 4. The number of thiazole rings is 1. The van der Waals surface area contributed by atoms with Gasteiger partial charge in [0.2, 0.25) is 0 Å². The molecule has 1 aromatic heterocycles. The first kappa shape index (κ1) is 11.0. The first-order valence-corrected chi connectivity index (χ1v) is 6.50. The molecule has 2 N–H and O–H groups in total. The molecule has 2 rings (SSSR count). The summed E-state index contributed by atoms with van der Waals surface area (Å²) in [6.07, 6.45) is 4.45. The third-order valence-electron chi connectivity index (χ3n) is 2.74. The van der Waals surface area contributed by atoms with Crippen LogP contribution in [0.15, 0.2) is 5.38 Å². The minimum Gasteiger partial charge on any atom is -0.381 e. The van der Waals surface area contributed by atoms with Crippen molar-refractivity contribution in [3.63, 3.8) is 0 Å². The van der Waals surface area contributed by atoms with Crippen LogP contribution in [0.3, 0.4) is 0 Å². The van der Waals surface area contributed by atoms with Gasteiger partial charge in [-0.15, -0.1) is 11.3 Å². The van der Waals surface area contributed by atoms with Crippen LogP contribution in [0.5, 0.6) is 0 Å². The Kier molecular flexibility index (Phi) is 4.11. The van der Waals surface area contributed by atoms with E-state index < -0.39 is 0 Å². The minimum absolute atomic E-state index is 0.529. The summed E-state index contributed by atoms with van der Waals surface area (Å²) < 4.78 is 5.47. The van der Waals surface area contributed by atoms with Crippen LogP contribution < -0.4 is 5.73 Å². The number of ether oxygens (including phenoxy) is 1. The van der Waals surface area contributed by atoms with E-state index in [1.54, 1.807) is 11.3 Å². The molecule has 1 saturated heterocycles. The van der Waals surface area contributed by atoms with E-state index in [1.807, 2.05) is 0 Å². The second kappa shape index (κ2) is 5.58. The molecule has 1 aromatic rings. The van der Waals surface area contributed by atoms with Crippen molar-refractivity contribution in [3.8, 4) is 0 Å². The maximum absolute atomic E-state index is 5.48. The summed E-state index contributed by atoms with van der Waals surface area (Å²) in [5.41, 5.74) is 6.71. The Hall–Kier alpha value is -0.450. The van der Waals surface area contributed by atoms with Crippen LogP contribution in [-0.2, 0) is 11.2 Å². The Morgan fingerprint density at radius 3 is 3.27 bits per heavy atom. The zero-order valence-corrected chi connectivity index (χ0v) is 9.76. The molecule has 0 aromatic carbocycles. The maximum Gasteiger partial charge on any atom is 0.0928 e. The Morgan fingerprint density at radius 2 is 2.53 bits per heavy atom. The zero-order chi connectivity index (χ0) is 10.5. The predicted molar refractivity (Wildman–Crippen MR) is 62.3 cm³/mol. The van der Waals surface area contributed by atoms with Crippen LogP contribution in [-0.4, -0.2) is 24.7 Å². The Morgan fingerprint density at radius 1 is 1.60 bits per heavy atom. The second-order valence-electron chi connectivity index (χ2n) is 3.97. The molecule has 1 unspecified atom stereocenters. The highest BCUT2D eigenvalue weighted by Gasteiger charge is 2.18. The predicted octanol–water partition coefficient (Wildman–Crippen LogP) is 1.93. The van der Waals surface area contributed by atoms with Gasteiger partial charge in [-0.05, 0) is 25.8 Å². The zero-order valence-electron chi connectivity index (χ0n) is 8.95. The van der Waals surface area contributed by atoms with Crippen molar-refractivity contribution in [1.29, 1.82) is 0 Å². The van der Waals surface area contributed by atoms with Crippen molar-refractivity contribution in [2.24, 2.45) is 5.73 Å². The van der Waals surface area contributed by atoms with Crippen molar-refractivity contribution < 1.29 is 4.74 Å².